The molecular formula is C10H19ClN2O. The fourth-order valence-corrected chi connectivity index (χ4v) is 2.56. The van der Waals surface area contributed by atoms with Crippen LogP contribution in [0.15, 0.2) is 0 Å². The van der Waals surface area contributed by atoms with Gasteiger partial charge >= 0.3 is 0 Å². The average molecular weight is 219 g/mol. The summed E-state index contributed by atoms with van der Waals surface area (Å²) in [5.74, 6) is 0.365. The second kappa shape index (κ2) is 4.49. The third-order valence-electron chi connectivity index (χ3n) is 3.45. The minimum absolute atomic E-state index is 0. The summed E-state index contributed by atoms with van der Waals surface area (Å²) < 4.78 is 0. The molecule has 82 valence electrons. The van der Waals surface area contributed by atoms with E-state index in [1.807, 2.05) is 4.90 Å². The molecule has 0 aliphatic carbocycles. The number of likely N-dealkylation sites (tertiary alicyclic amines) is 1. The second-order valence-corrected chi connectivity index (χ2v) is 4.33. The molecule has 0 saturated carbocycles. The monoisotopic (exact) mass is 218 g/mol. The number of rotatable bonds is 1. The maximum Gasteiger partial charge on any atom is 0.223 e. The number of carbonyl (C=O) groups excluding carboxylic acids is 1. The highest BCUT2D eigenvalue weighted by Crippen LogP contribution is 2.38. The van der Waals surface area contributed by atoms with Gasteiger partial charge in [0.05, 0.1) is 0 Å². The molecule has 14 heavy (non-hydrogen) atoms. The van der Waals surface area contributed by atoms with Crippen molar-refractivity contribution in [1.82, 2.24) is 10.2 Å². The minimum Gasteiger partial charge on any atom is -0.342 e. The van der Waals surface area contributed by atoms with E-state index in [1.165, 1.54) is 12.8 Å². The number of hydrogen-bond donors (Lipinski definition) is 1. The van der Waals surface area contributed by atoms with E-state index < -0.39 is 0 Å². The molecule has 2 aliphatic heterocycles. The molecule has 3 nitrogen and oxygen atoms in total. The van der Waals surface area contributed by atoms with Gasteiger partial charge in [0.2, 0.25) is 5.91 Å². The Labute approximate surface area is 91.6 Å². The van der Waals surface area contributed by atoms with E-state index >= 15 is 0 Å². The smallest absolute Gasteiger partial charge is 0.223 e. The number of nitrogens with zero attached hydrogens (tertiary/aromatic N) is 1. The molecule has 1 spiro atoms. The van der Waals surface area contributed by atoms with Gasteiger partial charge in [0, 0.05) is 19.5 Å². The Balaban J connectivity index is 0.000000980. The highest BCUT2D eigenvalue weighted by Gasteiger charge is 2.42. The molecule has 1 N–H and O–H groups in total. The van der Waals surface area contributed by atoms with Crippen LogP contribution in [0.1, 0.15) is 26.2 Å². The number of halogens is 1. The van der Waals surface area contributed by atoms with Gasteiger partial charge in [-0.25, -0.2) is 0 Å². The zero-order valence-corrected chi connectivity index (χ0v) is 9.53. The van der Waals surface area contributed by atoms with Crippen molar-refractivity contribution >= 4 is 18.3 Å². The standard InChI is InChI=1S/C10H18N2O.ClH/c1-2-12-8-10(7-9(12)13)3-5-11-6-4-10;/h11H,2-8H2,1H3;1H. The van der Waals surface area contributed by atoms with Gasteiger partial charge in [-0.15, -0.1) is 12.4 Å². The van der Waals surface area contributed by atoms with E-state index in [2.05, 4.69) is 12.2 Å². The van der Waals surface area contributed by atoms with E-state index in [0.29, 0.717) is 11.3 Å². The summed E-state index contributed by atoms with van der Waals surface area (Å²) in [5, 5.41) is 3.35. The summed E-state index contributed by atoms with van der Waals surface area (Å²) in [6.45, 7) is 6.13. The summed E-state index contributed by atoms with van der Waals surface area (Å²) in [6, 6.07) is 0. The lowest BCUT2D eigenvalue weighted by molar-refractivity contribution is -0.127. The Morgan fingerprint density at radius 3 is 2.57 bits per heavy atom. The fraction of sp³-hybridized carbons (Fsp3) is 0.900. The third-order valence-corrected chi connectivity index (χ3v) is 3.45. The first-order valence-corrected chi connectivity index (χ1v) is 5.24. The van der Waals surface area contributed by atoms with Crippen LogP contribution >= 0.6 is 12.4 Å². The molecule has 2 saturated heterocycles. The topological polar surface area (TPSA) is 32.3 Å². The Morgan fingerprint density at radius 1 is 1.43 bits per heavy atom. The Bertz CT molecular complexity index is 214. The minimum atomic E-state index is 0. The molecule has 0 aromatic carbocycles. The maximum atomic E-state index is 11.6. The van der Waals surface area contributed by atoms with Crippen molar-refractivity contribution in [3.8, 4) is 0 Å². The largest absolute Gasteiger partial charge is 0.342 e. The van der Waals surface area contributed by atoms with Crippen molar-refractivity contribution in [1.29, 1.82) is 0 Å². The van der Waals surface area contributed by atoms with Gasteiger partial charge < -0.3 is 10.2 Å². The molecule has 2 heterocycles. The van der Waals surface area contributed by atoms with Crippen LogP contribution in [0.5, 0.6) is 0 Å². The fourth-order valence-electron chi connectivity index (χ4n) is 2.56. The number of carbonyl (C=O) groups is 1. The van der Waals surface area contributed by atoms with Gasteiger partial charge in [0.25, 0.3) is 0 Å². The molecule has 1 amide bonds. The van der Waals surface area contributed by atoms with Gasteiger partial charge in [-0.2, -0.15) is 0 Å². The lowest BCUT2D eigenvalue weighted by atomic mass is 9.78. The van der Waals surface area contributed by atoms with Gasteiger partial charge in [-0.1, -0.05) is 0 Å². The predicted molar refractivity (Wildman–Crippen MR) is 58.7 cm³/mol. The first kappa shape index (κ1) is 11.8. The quantitative estimate of drug-likeness (QED) is 0.713. The van der Waals surface area contributed by atoms with E-state index in [0.717, 1.165) is 32.6 Å². The van der Waals surface area contributed by atoms with Gasteiger partial charge in [0.1, 0.15) is 0 Å². The second-order valence-electron chi connectivity index (χ2n) is 4.33. The molecule has 0 unspecified atom stereocenters. The van der Waals surface area contributed by atoms with Gasteiger partial charge in [-0.05, 0) is 38.3 Å². The maximum absolute atomic E-state index is 11.6. The SMILES string of the molecule is CCN1CC2(CCNCC2)CC1=O.Cl. The Hall–Kier alpha value is -0.280. The first-order valence-electron chi connectivity index (χ1n) is 5.24. The normalized spacial score (nSPS) is 25.2. The molecular weight excluding hydrogens is 200 g/mol. The van der Waals surface area contributed by atoms with Crippen LogP contribution in [-0.2, 0) is 4.79 Å². The van der Waals surface area contributed by atoms with Crippen LogP contribution < -0.4 is 5.32 Å². The number of hydrogen-bond acceptors (Lipinski definition) is 2. The van der Waals surface area contributed by atoms with Crippen LogP contribution in [0.4, 0.5) is 0 Å². The lowest BCUT2D eigenvalue weighted by Crippen LogP contribution is -2.38. The molecule has 0 aromatic rings. The number of amides is 1. The average Bonchev–Trinajstić information content (AvgIpc) is 2.44. The van der Waals surface area contributed by atoms with Crippen LogP contribution in [0, 0.1) is 5.41 Å². The zero-order chi connectivity index (χ0) is 9.31. The molecule has 2 rings (SSSR count). The van der Waals surface area contributed by atoms with Crippen molar-refractivity contribution in [2.45, 2.75) is 26.2 Å². The van der Waals surface area contributed by atoms with E-state index in [-0.39, 0.29) is 12.4 Å². The molecule has 4 heteroatoms. The van der Waals surface area contributed by atoms with Crippen molar-refractivity contribution in [2.24, 2.45) is 5.41 Å². The summed E-state index contributed by atoms with van der Waals surface area (Å²) >= 11 is 0. The Kier molecular flexibility index (Phi) is 3.78. The van der Waals surface area contributed by atoms with Gasteiger partial charge in [-0.3, -0.25) is 4.79 Å². The van der Waals surface area contributed by atoms with Crippen LogP contribution in [0.25, 0.3) is 0 Å². The summed E-state index contributed by atoms with van der Waals surface area (Å²) in [6.07, 6.45) is 3.15. The molecule has 2 fully saturated rings. The summed E-state index contributed by atoms with van der Waals surface area (Å²) in [4.78, 5) is 13.6. The highest BCUT2D eigenvalue weighted by molar-refractivity contribution is 5.85. The number of nitrogens with one attached hydrogen (secondary N) is 1. The third kappa shape index (κ3) is 2.04. The van der Waals surface area contributed by atoms with E-state index in [4.69, 9.17) is 0 Å². The first-order chi connectivity index (χ1) is 6.26. The van der Waals surface area contributed by atoms with Crippen molar-refractivity contribution in [3.05, 3.63) is 0 Å². The van der Waals surface area contributed by atoms with E-state index in [9.17, 15) is 4.79 Å². The number of piperidine rings is 1. The molecule has 0 atom stereocenters. The van der Waals surface area contributed by atoms with Crippen molar-refractivity contribution < 1.29 is 4.79 Å². The molecule has 2 aliphatic rings. The van der Waals surface area contributed by atoms with Crippen molar-refractivity contribution in [3.63, 3.8) is 0 Å². The highest BCUT2D eigenvalue weighted by atomic mass is 35.5. The zero-order valence-electron chi connectivity index (χ0n) is 8.71. The van der Waals surface area contributed by atoms with Crippen LogP contribution in [0.2, 0.25) is 0 Å². The van der Waals surface area contributed by atoms with Crippen molar-refractivity contribution in [2.75, 3.05) is 26.2 Å². The summed E-state index contributed by atoms with van der Waals surface area (Å²) in [5.41, 5.74) is 0.332. The van der Waals surface area contributed by atoms with Gasteiger partial charge in [0.15, 0.2) is 0 Å². The molecule has 0 radical (unpaired) electrons. The Morgan fingerprint density at radius 2 is 2.07 bits per heavy atom. The predicted octanol–water partition coefficient (Wildman–Crippen LogP) is 1.03. The lowest BCUT2D eigenvalue weighted by Gasteiger charge is -2.32. The summed E-state index contributed by atoms with van der Waals surface area (Å²) in [7, 11) is 0. The van der Waals surface area contributed by atoms with E-state index in [1.54, 1.807) is 0 Å². The van der Waals surface area contributed by atoms with Crippen LogP contribution in [-0.4, -0.2) is 37.0 Å². The molecule has 0 aromatic heterocycles. The molecule has 0 bridgehead atoms. The van der Waals surface area contributed by atoms with Crippen LogP contribution in [0.3, 0.4) is 0 Å².